The van der Waals surface area contributed by atoms with E-state index in [1.54, 1.807) is 13.0 Å². The normalized spacial score (nSPS) is 13.2. The fourth-order valence-electron chi connectivity index (χ4n) is 2.64. The third-order valence-electron chi connectivity index (χ3n) is 3.81. The number of benzene rings is 2. The zero-order chi connectivity index (χ0) is 18.0. The van der Waals surface area contributed by atoms with Crippen molar-refractivity contribution in [1.29, 1.82) is 0 Å². The number of aromatic nitrogens is 2. The van der Waals surface area contributed by atoms with Crippen LogP contribution in [0.4, 0.5) is 19.1 Å². The van der Waals surface area contributed by atoms with Crippen LogP contribution in [0.15, 0.2) is 48.5 Å². The summed E-state index contributed by atoms with van der Waals surface area (Å²) in [5, 5.41) is 12.5. The van der Waals surface area contributed by atoms with Crippen molar-refractivity contribution >= 4 is 17.0 Å². The molecule has 0 spiro atoms. The maximum atomic E-state index is 12.9. The van der Waals surface area contributed by atoms with Crippen LogP contribution in [-0.4, -0.2) is 27.3 Å². The van der Waals surface area contributed by atoms with Crippen LogP contribution in [0, 0.1) is 0 Å². The van der Waals surface area contributed by atoms with Crippen molar-refractivity contribution in [2.24, 2.45) is 0 Å². The van der Waals surface area contributed by atoms with E-state index >= 15 is 0 Å². The number of rotatable bonds is 5. The molecule has 3 rings (SSSR count). The van der Waals surface area contributed by atoms with Crippen LogP contribution < -0.4 is 5.32 Å². The van der Waals surface area contributed by atoms with Crippen LogP contribution in [-0.2, 0) is 12.7 Å². The van der Waals surface area contributed by atoms with Gasteiger partial charge in [0.25, 0.3) is 0 Å². The van der Waals surface area contributed by atoms with Gasteiger partial charge in [0.05, 0.1) is 29.2 Å². The van der Waals surface area contributed by atoms with E-state index < -0.39 is 17.8 Å². The first kappa shape index (κ1) is 17.3. The summed E-state index contributed by atoms with van der Waals surface area (Å²) in [5.41, 5.74) is 1.40. The molecule has 1 aromatic heterocycles. The second kappa shape index (κ2) is 6.76. The van der Waals surface area contributed by atoms with E-state index in [4.69, 9.17) is 0 Å². The molecule has 0 aliphatic heterocycles. The minimum Gasteiger partial charge on any atom is -0.392 e. The van der Waals surface area contributed by atoms with Gasteiger partial charge in [-0.05, 0) is 36.8 Å². The van der Waals surface area contributed by atoms with E-state index in [-0.39, 0.29) is 6.54 Å². The Balaban J connectivity index is 1.98. The number of hydrogen-bond acceptors (Lipinski definition) is 3. The number of nitrogens with one attached hydrogen (secondary N) is 1. The molecule has 0 aliphatic rings. The van der Waals surface area contributed by atoms with Crippen LogP contribution >= 0.6 is 0 Å². The van der Waals surface area contributed by atoms with E-state index in [0.29, 0.717) is 18.1 Å². The maximum absolute atomic E-state index is 12.9. The Morgan fingerprint density at radius 3 is 2.64 bits per heavy atom. The predicted molar refractivity (Wildman–Crippen MR) is 90.4 cm³/mol. The standard InChI is InChI=1S/C18H18F3N3O/c1-12(25)10-22-17-23-15-7-2-3-8-16(15)24(17)11-13-5-4-6-14(9-13)18(19,20)21/h2-9,12,25H,10-11H2,1H3,(H,22,23). The van der Waals surface area contributed by atoms with Gasteiger partial charge in [-0.2, -0.15) is 13.2 Å². The van der Waals surface area contributed by atoms with E-state index in [0.717, 1.165) is 23.2 Å². The number of nitrogens with zero attached hydrogens (tertiary/aromatic N) is 2. The van der Waals surface area contributed by atoms with E-state index in [2.05, 4.69) is 10.3 Å². The zero-order valence-corrected chi connectivity index (χ0v) is 13.6. The Kier molecular flexibility index (Phi) is 4.67. The third kappa shape index (κ3) is 3.93. The van der Waals surface area contributed by atoms with Gasteiger partial charge < -0.3 is 15.0 Å². The Labute approximate surface area is 142 Å². The van der Waals surface area contributed by atoms with Gasteiger partial charge in [0.1, 0.15) is 0 Å². The minimum absolute atomic E-state index is 0.243. The Hall–Kier alpha value is -2.54. The summed E-state index contributed by atoms with van der Waals surface area (Å²) in [7, 11) is 0. The first-order valence-electron chi connectivity index (χ1n) is 7.88. The fraction of sp³-hybridized carbons (Fsp3) is 0.278. The van der Waals surface area contributed by atoms with Gasteiger partial charge in [-0.15, -0.1) is 0 Å². The molecule has 3 aromatic rings. The predicted octanol–water partition coefficient (Wildman–Crippen LogP) is 3.90. The molecule has 1 heterocycles. The molecule has 0 saturated heterocycles. The lowest BCUT2D eigenvalue weighted by atomic mass is 10.1. The Morgan fingerprint density at radius 2 is 1.92 bits per heavy atom. The second-order valence-corrected chi connectivity index (χ2v) is 5.94. The highest BCUT2D eigenvalue weighted by Gasteiger charge is 2.30. The van der Waals surface area contributed by atoms with Gasteiger partial charge in [0.2, 0.25) is 5.95 Å². The number of aliphatic hydroxyl groups is 1. The monoisotopic (exact) mass is 349 g/mol. The van der Waals surface area contributed by atoms with Gasteiger partial charge in [-0.25, -0.2) is 4.98 Å². The minimum atomic E-state index is -4.37. The smallest absolute Gasteiger partial charge is 0.392 e. The molecule has 2 N–H and O–H groups in total. The van der Waals surface area contributed by atoms with Crippen molar-refractivity contribution in [3.05, 3.63) is 59.7 Å². The van der Waals surface area contributed by atoms with Crippen molar-refractivity contribution in [3.8, 4) is 0 Å². The molecule has 2 aromatic carbocycles. The van der Waals surface area contributed by atoms with Crippen LogP contribution in [0.5, 0.6) is 0 Å². The SMILES string of the molecule is CC(O)CNc1nc2ccccc2n1Cc1cccc(C(F)(F)F)c1. The molecule has 1 unspecified atom stereocenters. The number of anilines is 1. The molecule has 132 valence electrons. The molecule has 0 amide bonds. The van der Waals surface area contributed by atoms with Gasteiger partial charge in [0, 0.05) is 6.54 Å². The number of para-hydroxylation sites is 2. The molecular weight excluding hydrogens is 331 g/mol. The van der Waals surface area contributed by atoms with E-state index in [1.165, 1.54) is 6.07 Å². The zero-order valence-electron chi connectivity index (χ0n) is 13.6. The molecule has 4 nitrogen and oxygen atoms in total. The lowest BCUT2D eigenvalue weighted by Gasteiger charge is -2.13. The first-order valence-corrected chi connectivity index (χ1v) is 7.88. The summed E-state index contributed by atoms with van der Waals surface area (Å²) >= 11 is 0. The summed E-state index contributed by atoms with van der Waals surface area (Å²) in [6.07, 6.45) is -4.94. The summed E-state index contributed by atoms with van der Waals surface area (Å²) in [6.45, 7) is 2.19. The van der Waals surface area contributed by atoms with Gasteiger partial charge in [0.15, 0.2) is 0 Å². The topological polar surface area (TPSA) is 50.1 Å². The van der Waals surface area contributed by atoms with Gasteiger partial charge in [-0.1, -0.05) is 24.3 Å². The number of fused-ring (bicyclic) bond motifs is 1. The highest BCUT2D eigenvalue weighted by Crippen LogP contribution is 2.30. The highest BCUT2D eigenvalue weighted by atomic mass is 19.4. The maximum Gasteiger partial charge on any atom is 0.416 e. The van der Waals surface area contributed by atoms with Crippen molar-refractivity contribution in [2.75, 3.05) is 11.9 Å². The fourth-order valence-corrected chi connectivity index (χ4v) is 2.64. The number of imidazole rings is 1. The largest absolute Gasteiger partial charge is 0.416 e. The third-order valence-corrected chi connectivity index (χ3v) is 3.81. The molecule has 0 saturated carbocycles. The molecule has 0 fully saturated rings. The number of alkyl halides is 3. The molecule has 0 aliphatic carbocycles. The van der Waals surface area contributed by atoms with Crippen LogP contribution in [0.3, 0.4) is 0 Å². The molecule has 0 bridgehead atoms. The van der Waals surface area contributed by atoms with Crippen molar-refractivity contribution in [2.45, 2.75) is 25.7 Å². The molecule has 7 heteroatoms. The van der Waals surface area contributed by atoms with Gasteiger partial charge >= 0.3 is 6.18 Å². The van der Waals surface area contributed by atoms with Crippen molar-refractivity contribution in [1.82, 2.24) is 9.55 Å². The number of hydrogen-bond donors (Lipinski definition) is 2. The lowest BCUT2D eigenvalue weighted by molar-refractivity contribution is -0.137. The Bertz CT molecular complexity index is 871. The average Bonchev–Trinajstić information content (AvgIpc) is 2.90. The Morgan fingerprint density at radius 1 is 1.16 bits per heavy atom. The van der Waals surface area contributed by atoms with E-state index in [9.17, 15) is 18.3 Å². The lowest BCUT2D eigenvalue weighted by Crippen LogP contribution is -2.18. The summed E-state index contributed by atoms with van der Waals surface area (Å²) in [6, 6.07) is 12.7. The van der Waals surface area contributed by atoms with Crippen LogP contribution in [0.25, 0.3) is 11.0 Å². The number of aliphatic hydroxyl groups excluding tert-OH is 1. The number of halogens is 3. The van der Waals surface area contributed by atoms with Crippen LogP contribution in [0.1, 0.15) is 18.1 Å². The second-order valence-electron chi connectivity index (χ2n) is 5.94. The quantitative estimate of drug-likeness (QED) is 0.735. The molecule has 1 atom stereocenters. The molecule has 25 heavy (non-hydrogen) atoms. The summed E-state index contributed by atoms with van der Waals surface area (Å²) in [5.74, 6) is 0.513. The van der Waals surface area contributed by atoms with Crippen molar-refractivity contribution < 1.29 is 18.3 Å². The first-order chi connectivity index (χ1) is 11.8. The summed E-state index contributed by atoms with van der Waals surface area (Å²) in [4.78, 5) is 4.47. The summed E-state index contributed by atoms with van der Waals surface area (Å²) < 4.78 is 40.6. The van der Waals surface area contributed by atoms with E-state index in [1.807, 2.05) is 28.8 Å². The average molecular weight is 349 g/mol. The van der Waals surface area contributed by atoms with Crippen molar-refractivity contribution in [3.63, 3.8) is 0 Å². The van der Waals surface area contributed by atoms with Gasteiger partial charge in [-0.3, -0.25) is 0 Å². The highest BCUT2D eigenvalue weighted by molar-refractivity contribution is 5.78. The van der Waals surface area contributed by atoms with Crippen LogP contribution in [0.2, 0.25) is 0 Å². The molecular formula is C18H18F3N3O. The molecule has 0 radical (unpaired) electrons.